The number of carbonyl (C=O) groups excluding carboxylic acids is 2. The van der Waals surface area contributed by atoms with Gasteiger partial charge in [-0.15, -0.1) is 0 Å². The normalized spacial score (nSPS) is 24.6. The van der Waals surface area contributed by atoms with Crippen LogP contribution in [0.5, 0.6) is 0 Å². The second kappa shape index (κ2) is 11.5. The summed E-state index contributed by atoms with van der Waals surface area (Å²) in [6.07, 6.45) is 9.88. The van der Waals surface area contributed by atoms with Gasteiger partial charge < -0.3 is 20.1 Å². The SMILES string of the molecule is CC(C)CN(CC(=O)N(CCc1c[nH]c2ccccc12)Cc1ccc(F)cc1)C(=O)NC12CC3CC(CC(C3)C1)C2. The van der Waals surface area contributed by atoms with E-state index < -0.39 is 0 Å². The number of aromatic amines is 1. The molecule has 1 aromatic heterocycles. The third kappa shape index (κ3) is 6.29. The first-order valence-electron chi connectivity index (χ1n) is 15.4. The van der Waals surface area contributed by atoms with Crippen LogP contribution in [0.2, 0.25) is 0 Å². The number of para-hydroxylation sites is 1. The lowest BCUT2D eigenvalue weighted by atomic mass is 9.53. The van der Waals surface area contributed by atoms with Crippen molar-refractivity contribution in [1.82, 2.24) is 20.1 Å². The van der Waals surface area contributed by atoms with E-state index >= 15 is 0 Å². The molecule has 4 aliphatic rings. The van der Waals surface area contributed by atoms with Gasteiger partial charge in [-0.2, -0.15) is 0 Å². The van der Waals surface area contributed by atoms with Gasteiger partial charge in [0.15, 0.2) is 0 Å². The van der Waals surface area contributed by atoms with Crippen LogP contribution in [-0.2, 0) is 17.8 Å². The topological polar surface area (TPSA) is 68.4 Å². The zero-order valence-corrected chi connectivity index (χ0v) is 24.4. The molecular weight excluding hydrogens is 515 g/mol. The molecule has 1 heterocycles. The van der Waals surface area contributed by atoms with Crippen molar-refractivity contribution < 1.29 is 14.0 Å². The number of nitrogens with zero attached hydrogens (tertiary/aromatic N) is 2. The number of rotatable bonds is 10. The standard InChI is InChI=1S/C34H43FN4O2/c1-23(2)20-39(33(41)37-34-16-25-13-26(17-34)15-27(14-25)18-34)22-32(40)38(21-24-7-9-29(35)10-8-24)12-11-28-19-36-31-6-4-3-5-30(28)31/h3-10,19,23,25-27,36H,11-18,20-22H2,1-2H3,(H,37,41). The second-order valence-electron chi connectivity index (χ2n) is 13.5. The van der Waals surface area contributed by atoms with Crippen molar-refractivity contribution in [2.24, 2.45) is 23.7 Å². The van der Waals surface area contributed by atoms with Crippen LogP contribution in [0.1, 0.15) is 63.5 Å². The number of hydrogen-bond donors (Lipinski definition) is 2. The van der Waals surface area contributed by atoms with Crippen LogP contribution in [0.25, 0.3) is 10.9 Å². The van der Waals surface area contributed by atoms with Crippen LogP contribution >= 0.6 is 0 Å². The first-order chi connectivity index (χ1) is 19.7. The number of aromatic nitrogens is 1. The summed E-state index contributed by atoms with van der Waals surface area (Å²) in [5.41, 5.74) is 2.99. The average molecular weight is 559 g/mol. The van der Waals surface area contributed by atoms with Crippen molar-refractivity contribution in [1.29, 1.82) is 0 Å². The zero-order chi connectivity index (χ0) is 28.6. The molecule has 0 aliphatic heterocycles. The lowest BCUT2D eigenvalue weighted by Crippen LogP contribution is -2.62. The molecule has 0 atom stereocenters. The number of nitrogens with one attached hydrogen (secondary N) is 2. The summed E-state index contributed by atoms with van der Waals surface area (Å²) < 4.78 is 13.6. The van der Waals surface area contributed by atoms with Crippen molar-refractivity contribution in [3.8, 4) is 0 Å². The maximum atomic E-state index is 13.9. The van der Waals surface area contributed by atoms with Gasteiger partial charge in [0.1, 0.15) is 12.4 Å². The van der Waals surface area contributed by atoms with Crippen LogP contribution < -0.4 is 5.32 Å². The summed E-state index contributed by atoms with van der Waals surface area (Å²) in [4.78, 5) is 34.6. The number of halogens is 1. The molecule has 4 aliphatic carbocycles. The molecule has 7 rings (SSSR count). The number of fused-ring (bicyclic) bond motifs is 1. The Kier molecular flexibility index (Phi) is 7.80. The number of carbonyl (C=O) groups is 2. The minimum absolute atomic E-state index is 0.0332. The maximum Gasteiger partial charge on any atom is 0.318 e. The van der Waals surface area contributed by atoms with Gasteiger partial charge in [-0.3, -0.25) is 4.79 Å². The number of H-pyrrole nitrogens is 1. The van der Waals surface area contributed by atoms with E-state index in [9.17, 15) is 14.0 Å². The molecule has 0 saturated heterocycles. The minimum atomic E-state index is -0.296. The highest BCUT2D eigenvalue weighted by molar-refractivity contribution is 5.85. The lowest BCUT2D eigenvalue weighted by molar-refractivity contribution is -0.132. The molecule has 0 radical (unpaired) electrons. The van der Waals surface area contributed by atoms with Gasteiger partial charge in [-0.25, -0.2) is 9.18 Å². The Morgan fingerprint density at radius 3 is 2.29 bits per heavy atom. The summed E-state index contributed by atoms with van der Waals surface area (Å²) >= 11 is 0. The van der Waals surface area contributed by atoms with Gasteiger partial charge in [0.25, 0.3) is 0 Å². The van der Waals surface area contributed by atoms with Crippen LogP contribution in [0, 0.1) is 29.5 Å². The van der Waals surface area contributed by atoms with Crippen LogP contribution in [0.3, 0.4) is 0 Å². The Labute approximate surface area is 242 Å². The highest BCUT2D eigenvalue weighted by atomic mass is 19.1. The summed E-state index contributed by atoms with van der Waals surface area (Å²) in [6.45, 7) is 5.60. The van der Waals surface area contributed by atoms with Crippen molar-refractivity contribution in [2.75, 3.05) is 19.6 Å². The molecule has 2 N–H and O–H groups in total. The van der Waals surface area contributed by atoms with E-state index in [4.69, 9.17) is 0 Å². The van der Waals surface area contributed by atoms with E-state index in [1.54, 1.807) is 17.0 Å². The first kappa shape index (κ1) is 27.8. The van der Waals surface area contributed by atoms with Crippen LogP contribution in [-0.4, -0.2) is 51.9 Å². The summed E-state index contributed by atoms with van der Waals surface area (Å²) in [5, 5.41) is 4.63. The monoisotopic (exact) mass is 558 g/mol. The predicted molar refractivity (Wildman–Crippen MR) is 160 cm³/mol. The smallest absolute Gasteiger partial charge is 0.318 e. The first-order valence-corrected chi connectivity index (χ1v) is 15.4. The third-order valence-electron chi connectivity index (χ3n) is 9.57. The van der Waals surface area contributed by atoms with Crippen molar-refractivity contribution in [3.05, 3.63) is 71.7 Å². The van der Waals surface area contributed by atoms with Crippen LogP contribution in [0.4, 0.5) is 9.18 Å². The molecular formula is C34H43FN4O2. The largest absolute Gasteiger partial charge is 0.361 e. The Balaban J connectivity index is 1.18. The Hall–Kier alpha value is -3.35. The van der Waals surface area contributed by atoms with Gasteiger partial charge in [-0.1, -0.05) is 44.2 Å². The molecule has 4 saturated carbocycles. The molecule has 4 fully saturated rings. The highest BCUT2D eigenvalue weighted by Gasteiger charge is 2.52. The molecule has 7 heteroatoms. The number of hydrogen-bond acceptors (Lipinski definition) is 2. The summed E-state index contributed by atoms with van der Waals surface area (Å²) in [5.74, 6) is 2.05. The molecule has 2 aromatic carbocycles. The Bertz CT molecular complexity index is 1350. The quantitative estimate of drug-likeness (QED) is 0.298. The van der Waals surface area contributed by atoms with Gasteiger partial charge in [0.2, 0.25) is 5.91 Å². The summed E-state index contributed by atoms with van der Waals surface area (Å²) in [7, 11) is 0. The lowest BCUT2D eigenvalue weighted by Gasteiger charge is -2.57. The Morgan fingerprint density at radius 1 is 0.976 bits per heavy atom. The van der Waals surface area contributed by atoms with Gasteiger partial charge in [0.05, 0.1) is 0 Å². The number of benzene rings is 2. The fourth-order valence-corrected chi connectivity index (χ4v) is 8.19. The molecule has 0 spiro atoms. The van der Waals surface area contributed by atoms with Crippen molar-refractivity contribution in [3.63, 3.8) is 0 Å². The number of amides is 3. The predicted octanol–water partition coefficient (Wildman–Crippen LogP) is 6.51. The van der Waals surface area contributed by atoms with E-state index in [0.29, 0.717) is 26.1 Å². The molecule has 4 bridgehead atoms. The van der Waals surface area contributed by atoms with E-state index in [2.05, 4.69) is 30.2 Å². The maximum absolute atomic E-state index is 13.9. The third-order valence-corrected chi connectivity index (χ3v) is 9.57. The average Bonchev–Trinajstić information content (AvgIpc) is 3.33. The van der Waals surface area contributed by atoms with E-state index in [1.807, 2.05) is 29.3 Å². The van der Waals surface area contributed by atoms with Gasteiger partial charge in [0, 0.05) is 42.3 Å². The van der Waals surface area contributed by atoms with E-state index in [1.165, 1.54) is 31.4 Å². The van der Waals surface area contributed by atoms with Gasteiger partial charge in [-0.05, 0) is 97.9 Å². The molecule has 6 nitrogen and oxygen atoms in total. The fraction of sp³-hybridized carbons (Fsp3) is 0.529. The molecule has 41 heavy (non-hydrogen) atoms. The fourth-order valence-electron chi connectivity index (χ4n) is 8.19. The van der Waals surface area contributed by atoms with E-state index in [-0.39, 0.29) is 35.8 Å². The van der Waals surface area contributed by atoms with Crippen molar-refractivity contribution in [2.45, 2.75) is 70.9 Å². The van der Waals surface area contributed by atoms with Gasteiger partial charge >= 0.3 is 6.03 Å². The van der Waals surface area contributed by atoms with Crippen molar-refractivity contribution >= 4 is 22.8 Å². The number of urea groups is 1. The second-order valence-corrected chi connectivity index (χ2v) is 13.5. The summed E-state index contributed by atoms with van der Waals surface area (Å²) in [6, 6.07) is 14.4. The minimum Gasteiger partial charge on any atom is -0.361 e. The van der Waals surface area contributed by atoms with Crippen LogP contribution in [0.15, 0.2) is 54.7 Å². The zero-order valence-electron chi connectivity index (χ0n) is 24.4. The molecule has 3 amide bonds. The van der Waals surface area contributed by atoms with E-state index in [0.717, 1.165) is 59.0 Å². The molecule has 0 unspecified atom stereocenters. The Morgan fingerprint density at radius 2 is 1.63 bits per heavy atom. The molecule has 218 valence electrons. The highest BCUT2D eigenvalue weighted by Crippen LogP contribution is 2.55. The molecule has 3 aromatic rings.